The molecule has 1 aliphatic carbocycles. The molecule has 1 aromatic rings. The summed E-state index contributed by atoms with van der Waals surface area (Å²) in [5.74, 6) is 1.63. The first-order valence-corrected chi connectivity index (χ1v) is 8.40. The lowest BCUT2D eigenvalue weighted by Gasteiger charge is -2.34. The number of hydrogen-bond donors (Lipinski definition) is 1. The summed E-state index contributed by atoms with van der Waals surface area (Å²) < 4.78 is 0. The minimum atomic E-state index is 0.178. The average Bonchev–Trinajstić information content (AvgIpc) is 2.77. The van der Waals surface area contributed by atoms with Gasteiger partial charge in [-0.1, -0.05) is 27.7 Å². The first-order valence-electron chi connectivity index (χ1n) is 7.52. The number of nitrogens with zero attached hydrogens (tertiary/aromatic N) is 1. The Labute approximate surface area is 122 Å². The second-order valence-electron chi connectivity index (χ2n) is 7.15. The van der Waals surface area contributed by atoms with Crippen LogP contribution in [0.5, 0.6) is 0 Å². The first-order chi connectivity index (χ1) is 8.90. The number of thiazole rings is 1. The van der Waals surface area contributed by atoms with E-state index in [9.17, 15) is 0 Å². The fourth-order valence-corrected chi connectivity index (χ4v) is 4.19. The molecule has 0 spiro atoms. The maximum atomic E-state index is 4.86. The molecule has 0 bridgehead atoms. The Hall–Kier alpha value is -0.410. The average molecular weight is 280 g/mol. The third-order valence-corrected chi connectivity index (χ3v) is 5.24. The smallest absolute Gasteiger partial charge is 0.0931 e. The van der Waals surface area contributed by atoms with Gasteiger partial charge in [0.05, 0.1) is 10.7 Å². The summed E-state index contributed by atoms with van der Waals surface area (Å²) in [6.45, 7) is 9.11. The summed E-state index contributed by atoms with van der Waals surface area (Å²) in [6.07, 6.45) is 5.18. The molecule has 0 aliphatic heterocycles. The van der Waals surface area contributed by atoms with Gasteiger partial charge in [0.1, 0.15) is 0 Å². The molecule has 0 saturated heterocycles. The third kappa shape index (κ3) is 3.79. The van der Waals surface area contributed by atoms with Crippen molar-refractivity contribution in [1.82, 2.24) is 10.3 Å². The largest absolute Gasteiger partial charge is 0.317 e. The van der Waals surface area contributed by atoms with E-state index in [1.165, 1.54) is 30.0 Å². The highest BCUT2D eigenvalue weighted by molar-refractivity contribution is 7.09. The van der Waals surface area contributed by atoms with Crippen LogP contribution in [0.1, 0.15) is 57.7 Å². The molecule has 0 amide bonds. The van der Waals surface area contributed by atoms with Gasteiger partial charge < -0.3 is 5.32 Å². The quantitative estimate of drug-likeness (QED) is 0.905. The summed E-state index contributed by atoms with van der Waals surface area (Å²) in [4.78, 5) is 4.86. The normalized spacial score (nSPS) is 28.6. The second kappa shape index (κ2) is 5.92. The lowest BCUT2D eigenvalue weighted by molar-refractivity contribution is 0.220. The van der Waals surface area contributed by atoms with Gasteiger partial charge in [0.2, 0.25) is 0 Å². The summed E-state index contributed by atoms with van der Waals surface area (Å²) in [7, 11) is 2.11. The molecule has 0 radical (unpaired) electrons. The molecule has 1 heterocycles. The van der Waals surface area contributed by atoms with E-state index in [0.29, 0.717) is 6.04 Å². The monoisotopic (exact) mass is 280 g/mol. The van der Waals surface area contributed by atoms with Crippen molar-refractivity contribution in [3.05, 3.63) is 16.1 Å². The third-order valence-electron chi connectivity index (χ3n) is 4.37. The van der Waals surface area contributed by atoms with Gasteiger partial charge in [-0.15, -0.1) is 11.3 Å². The summed E-state index contributed by atoms with van der Waals surface area (Å²) in [6, 6.07) is 0.679. The topological polar surface area (TPSA) is 24.9 Å². The van der Waals surface area contributed by atoms with E-state index in [-0.39, 0.29) is 5.41 Å². The van der Waals surface area contributed by atoms with Gasteiger partial charge in [0.25, 0.3) is 0 Å². The standard InChI is InChI=1S/C16H28N2S/c1-11-6-7-13(17-5)12(8-11)9-15-18-14(10-19-15)16(2,3)4/h10-13,17H,6-9H2,1-5H3. The minimum absolute atomic E-state index is 0.178. The number of aromatic nitrogens is 1. The van der Waals surface area contributed by atoms with Crippen molar-refractivity contribution in [2.24, 2.45) is 11.8 Å². The van der Waals surface area contributed by atoms with Crippen LogP contribution in [0.25, 0.3) is 0 Å². The van der Waals surface area contributed by atoms with Crippen LogP contribution in [-0.2, 0) is 11.8 Å². The second-order valence-corrected chi connectivity index (χ2v) is 8.10. The summed E-state index contributed by atoms with van der Waals surface area (Å²) in [5.41, 5.74) is 1.43. The van der Waals surface area contributed by atoms with E-state index in [4.69, 9.17) is 4.98 Å². The van der Waals surface area contributed by atoms with E-state index in [2.05, 4.69) is 45.4 Å². The summed E-state index contributed by atoms with van der Waals surface area (Å²) in [5, 5.41) is 7.08. The zero-order valence-electron chi connectivity index (χ0n) is 13.0. The van der Waals surface area contributed by atoms with Crippen LogP contribution in [0.4, 0.5) is 0 Å². The van der Waals surface area contributed by atoms with Crippen LogP contribution in [0.3, 0.4) is 0 Å². The minimum Gasteiger partial charge on any atom is -0.317 e. The molecule has 2 rings (SSSR count). The first kappa shape index (κ1) is 15.0. The van der Waals surface area contributed by atoms with Crippen LogP contribution in [0.15, 0.2) is 5.38 Å². The van der Waals surface area contributed by atoms with Gasteiger partial charge in [0, 0.05) is 23.3 Å². The molecular formula is C16H28N2S. The maximum absolute atomic E-state index is 4.86. The Bertz CT molecular complexity index is 405. The predicted octanol–water partition coefficient (Wildman–Crippen LogP) is 4.01. The highest BCUT2D eigenvalue weighted by Gasteiger charge is 2.28. The molecular weight excluding hydrogens is 252 g/mol. The van der Waals surface area contributed by atoms with Gasteiger partial charge in [0.15, 0.2) is 0 Å². The lowest BCUT2D eigenvalue weighted by atomic mass is 9.77. The van der Waals surface area contributed by atoms with Gasteiger partial charge >= 0.3 is 0 Å². The number of rotatable bonds is 3. The predicted molar refractivity (Wildman–Crippen MR) is 83.9 cm³/mol. The molecule has 19 heavy (non-hydrogen) atoms. The van der Waals surface area contributed by atoms with E-state index < -0.39 is 0 Å². The van der Waals surface area contributed by atoms with Crippen LogP contribution in [-0.4, -0.2) is 18.1 Å². The highest BCUT2D eigenvalue weighted by atomic mass is 32.1. The molecule has 1 saturated carbocycles. The Morgan fingerprint density at radius 2 is 2.11 bits per heavy atom. The van der Waals surface area contributed by atoms with Gasteiger partial charge in [-0.2, -0.15) is 0 Å². The van der Waals surface area contributed by atoms with Gasteiger partial charge in [-0.25, -0.2) is 4.98 Å². The fraction of sp³-hybridized carbons (Fsp3) is 0.812. The molecule has 2 nitrogen and oxygen atoms in total. The molecule has 3 heteroatoms. The molecule has 3 atom stereocenters. The van der Waals surface area contributed by atoms with Gasteiger partial charge in [-0.3, -0.25) is 0 Å². The van der Waals surface area contributed by atoms with Crippen molar-refractivity contribution in [2.45, 2.75) is 64.8 Å². The number of nitrogens with one attached hydrogen (secondary N) is 1. The molecule has 1 fully saturated rings. The molecule has 1 aliphatic rings. The van der Waals surface area contributed by atoms with Crippen molar-refractivity contribution in [3.63, 3.8) is 0 Å². The number of hydrogen-bond acceptors (Lipinski definition) is 3. The Morgan fingerprint density at radius 3 is 2.68 bits per heavy atom. The van der Waals surface area contributed by atoms with Crippen LogP contribution < -0.4 is 5.32 Å². The van der Waals surface area contributed by atoms with E-state index in [0.717, 1.165) is 18.3 Å². The maximum Gasteiger partial charge on any atom is 0.0931 e. The zero-order valence-corrected chi connectivity index (χ0v) is 13.8. The molecule has 108 valence electrons. The van der Waals surface area contributed by atoms with E-state index >= 15 is 0 Å². The molecule has 1 N–H and O–H groups in total. The molecule has 3 unspecified atom stereocenters. The zero-order chi connectivity index (χ0) is 14.0. The molecule has 1 aromatic heterocycles. The van der Waals surface area contributed by atoms with Crippen LogP contribution >= 0.6 is 11.3 Å². The van der Waals surface area contributed by atoms with E-state index in [1.807, 2.05) is 11.3 Å². The SMILES string of the molecule is CNC1CCC(C)CC1Cc1nc(C(C)(C)C)cs1. The Kier molecular flexibility index (Phi) is 4.67. The van der Waals surface area contributed by atoms with Crippen molar-refractivity contribution in [3.8, 4) is 0 Å². The Morgan fingerprint density at radius 1 is 1.37 bits per heavy atom. The van der Waals surface area contributed by atoms with Crippen molar-refractivity contribution < 1.29 is 0 Å². The molecule has 0 aromatic carbocycles. The van der Waals surface area contributed by atoms with Crippen molar-refractivity contribution in [2.75, 3.05) is 7.05 Å². The summed E-state index contributed by atoms with van der Waals surface area (Å²) >= 11 is 1.84. The Balaban J connectivity index is 2.04. The van der Waals surface area contributed by atoms with Crippen molar-refractivity contribution in [1.29, 1.82) is 0 Å². The lowest BCUT2D eigenvalue weighted by Crippen LogP contribution is -2.39. The highest BCUT2D eigenvalue weighted by Crippen LogP contribution is 2.33. The van der Waals surface area contributed by atoms with Crippen LogP contribution in [0.2, 0.25) is 0 Å². The van der Waals surface area contributed by atoms with Crippen LogP contribution in [0, 0.1) is 11.8 Å². The van der Waals surface area contributed by atoms with Gasteiger partial charge in [-0.05, 0) is 38.1 Å². The van der Waals surface area contributed by atoms with Crippen molar-refractivity contribution >= 4 is 11.3 Å². The fourth-order valence-electron chi connectivity index (χ4n) is 3.08. The van der Waals surface area contributed by atoms with E-state index in [1.54, 1.807) is 0 Å².